The summed E-state index contributed by atoms with van der Waals surface area (Å²) in [5, 5.41) is 2.73. The van der Waals surface area contributed by atoms with E-state index in [2.05, 4.69) is 25.3 Å². The van der Waals surface area contributed by atoms with E-state index in [4.69, 9.17) is 0 Å². The Morgan fingerprint density at radius 3 is 2.80 bits per heavy atom. The van der Waals surface area contributed by atoms with Crippen molar-refractivity contribution in [2.45, 2.75) is 0 Å². The summed E-state index contributed by atoms with van der Waals surface area (Å²) in [5.74, 6) is 0.0987. The number of aromatic nitrogens is 5. The molecular formula is C13H10N6O. The van der Waals surface area contributed by atoms with Crippen LogP contribution in [0.4, 0.5) is 5.82 Å². The minimum Gasteiger partial charge on any atom is -0.303 e. The summed E-state index contributed by atoms with van der Waals surface area (Å²) in [6, 6.07) is 5.16. The van der Waals surface area contributed by atoms with Crippen LogP contribution in [-0.4, -0.2) is 30.4 Å². The molecule has 3 rings (SSSR count). The molecule has 1 amide bonds. The normalized spacial score (nSPS) is 10.2. The van der Waals surface area contributed by atoms with Crippen molar-refractivity contribution in [3.63, 3.8) is 0 Å². The molecule has 0 saturated carbocycles. The van der Waals surface area contributed by atoms with Crippen molar-refractivity contribution >= 4 is 11.7 Å². The van der Waals surface area contributed by atoms with Gasteiger partial charge in [0.25, 0.3) is 5.91 Å². The maximum absolute atomic E-state index is 12.1. The lowest BCUT2D eigenvalue weighted by atomic mass is 10.3. The van der Waals surface area contributed by atoms with Gasteiger partial charge in [0.1, 0.15) is 12.0 Å². The smallest absolute Gasteiger partial charge is 0.275 e. The average molecular weight is 266 g/mol. The molecule has 20 heavy (non-hydrogen) atoms. The molecule has 0 atom stereocenters. The molecule has 3 heterocycles. The van der Waals surface area contributed by atoms with Crippen LogP contribution >= 0.6 is 0 Å². The number of amides is 1. The third-order valence-electron chi connectivity index (χ3n) is 2.62. The van der Waals surface area contributed by atoms with Crippen LogP contribution in [0.25, 0.3) is 5.69 Å². The molecule has 98 valence electrons. The zero-order valence-corrected chi connectivity index (χ0v) is 10.3. The van der Waals surface area contributed by atoms with Gasteiger partial charge < -0.3 is 9.88 Å². The summed E-state index contributed by atoms with van der Waals surface area (Å²) in [7, 11) is 0. The van der Waals surface area contributed by atoms with E-state index in [0.29, 0.717) is 5.82 Å². The van der Waals surface area contributed by atoms with Crippen LogP contribution in [0.2, 0.25) is 0 Å². The highest BCUT2D eigenvalue weighted by Crippen LogP contribution is 2.17. The predicted octanol–water partition coefficient (Wildman–Crippen LogP) is 1.31. The SMILES string of the molecule is O=C(Nc1ncccc1-n1ccnc1)c1ccncn1. The third kappa shape index (κ3) is 2.37. The first kappa shape index (κ1) is 12.0. The minimum atomic E-state index is -0.340. The molecule has 1 N–H and O–H groups in total. The second-order valence-electron chi connectivity index (χ2n) is 3.89. The van der Waals surface area contributed by atoms with Gasteiger partial charge in [-0.1, -0.05) is 0 Å². The Kier molecular flexibility index (Phi) is 3.15. The summed E-state index contributed by atoms with van der Waals surface area (Å²) in [4.78, 5) is 27.9. The Morgan fingerprint density at radius 2 is 2.05 bits per heavy atom. The number of nitrogens with one attached hydrogen (secondary N) is 1. The number of carbonyl (C=O) groups excluding carboxylic acids is 1. The molecule has 0 unspecified atom stereocenters. The fourth-order valence-corrected chi connectivity index (χ4v) is 1.70. The van der Waals surface area contributed by atoms with Crippen LogP contribution in [0.5, 0.6) is 0 Å². The monoisotopic (exact) mass is 266 g/mol. The van der Waals surface area contributed by atoms with E-state index in [1.54, 1.807) is 35.6 Å². The Balaban J connectivity index is 1.90. The van der Waals surface area contributed by atoms with E-state index in [1.165, 1.54) is 18.6 Å². The van der Waals surface area contributed by atoms with Crippen molar-refractivity contribution in [2.24, 2.45) is 0 Å². The van der Waals surface area contributed by atoms with Gasteiger partial charge in [-0.2, -0.15) is 0 Å². The van der Waals surface area contributed by atoms with E-state index >= 15 is 0 Å². The highest BCUT2D eigenvalue weighted by molar-refractivity contribution is 6.03. The average Bonchev–Trinajstić information content (AvgIpc) is 3.03. The maximum atomic E-state index is 12.1. The molecule has 0 aliphatic rings. The van der Waals surface area contributed by atoms with E-state index in [-0.39, 0.29) is 11.6 Å². The van der Waals surface area contributed by atoms with E-state index in [1.807, 2.05) is 6.07 Å². The lowest BCUT2D eigenvalue weighted by Gasteiger charge is -2.09. The fraction of sp³-hybridized carbons (Fsp3) is 0. The molecule has 0 fully saturated rings. The summed E-state index contributed by atoms with van der Waals surface area (Å²) in [6.45, 7) is 0. The van der Waals surface area contributed by atoms with Crippen molar-refractivity contribution in [3.05, 3.63) is 61.3 Å². The third-order valence-corrected chi connectivity index (χ3v) is 2.62. The van der Waals surface area contributed by atoms with Crippen molar-refractivity contribution < 1.29 is 4.79 Å². The van der Waals surface area contributed by atoms with Crippen molar-refractivity contribution in [3.8, 4) is 5.69 Å². The van der Waals surface area contributed by atoms with Crippen molar-refractivity contribution in [2.75, 3.05) is 5.32 Å². The van der Waals surface area contributed by atoms with Crippen LogP contribution in [-0.2, 0) is 0 Å². The summed E-state index contributed by atoms with van der Waals surface area (Å²) in [5.41, 5.74) is 1.01. The van der Waals surface area contributed by atoms with E-state index in [9.17, 15) is 4.79 Å². The number of nitrogens with zero attached hydrogens (tertiary/aromatic N) is 5. The number of rotatable bonds is 3. The molecule has 0 spiro atoms. The first-order valence-electron chi connectivity index (χ1n) is 5.85. The number of hydrogen-bond donors (Lipinski definition) is 1. The molecule has 0 aromatic carbocycles. The first-order chi connectivity index (χ1) is 9.84. The van der Waals surface area contributed by atoms with Crippen LogP contribution in [0, 0.1) is 0 Å². The zero-order chi connectivity index (χ0) is 13.8. The van der Waals surface area contributed by atoms with Crippen molar-refractivity contribution in [1.82, 2.24) is 24.5 Å². The quantitative estimate of drug-likeness (QED) is 0.772. The molecule has 0 bridgehead atoms. The second kappa shape index (κ2) is 5.27. The molecule has 0 aliphatic carbocycles. The molecule has 7 heteroatoms. The van der Waals surface area contributed by atoms with Crippen LogP contribution in [0.1, 0.15) is 10.5 Å². The Morgan fingerprint density at radius 1 is 1.10 bits per heavy atom. The van der Waals surface area contributed by atoms with Gasteiger partial charge in [-0.05, 0) is 18.2 Å². The van der Waals surface area contributed by atoms with Gasteiger partial charge in [0, 0.05) is 24.8 Å². The first-order valence-corrected chi connectivity index (χ1v) is 5.85. The van der Waals surface area contributed by atoms with Crippen LogP contribution < -0.4 is 5.32 Å². The van der Waals surface area contributed by atoms with E-state index in [0.717, 1.165) is 5.69 Å². The largest absolute Gasteiger partial charge is 0.303 e. The van der Waals surface area contributed by atoms with Gasteiger partial charge in [0.15, 0.2) is 5.82 Å². The Hall–Kier alpha value is -3.09. The van der Waals surface area contributed by atoms with Gasteiger partial charge in [-0.3, -0.25) is 4.79 Å². The van der Waals surface area contributed by atoms with Gasteiger partial charge in [-0.15, -0.1) is 0 Å². The summed E-state index contributed by atoms with van der Waals surface area (Å²) in [6.07, 6.45) is 9.51. The second-order valence-corrected chi connectivity index (χ2v) is 3.89. The molecule has 3 aromatic rings. The summed E-state index contributed by atoms with van der Waals surface area (Å²) < 4.78 is 1.77. The van der Waals surface area contributed by atoms with E-state index < -0.39 is 0 Å². The standard InChI is InChI=1S/C13H10N6O/c20-13(10-3-5-14-8-17-10)18-12-11(2-1-4-16-12)19-7-6-15-9-19/h1-9H,(H,16,18,20). The maximum Gasteiger partial charge on any atom is 0.275 e. The Labute approximate surface area is 114 Å². The number of hydrogen-bond acceptors (Lipinski definition) is 5. The number of anilines is 1. The highest BCUT2D eigenvalue weighted by atomic mass is 16.1. The topological polar surface area (TPSA) is 85.6 Å². The molecule has 0 saturated heterocycles. The molecule has 0 aliphatic heterocycles. The zero-order valence-electron chi connectivity index (χ0n) is 10.3. The molecule has 0 radical (unpaired) electrons. The van der Waals surface area contributed by atoms with Gasteiger partial charge in [0.2, 0.25) is 0 Å². The lowest BCUT2D eigenvalue weighted by Crippen LogP contribution is -2.16. The molecular weight excluding hydrogens is 256 g/mol. The van der Waals surface area contributed by atoms with Gasteiger partial charge in [0.05, 0.1) is 12.0 Å². The number of carbonyl (C=O) groups is 1. The number of pyridine rings is 1. The number of imidazole rings is 1. The van der Waals surface area contributed by atoms with Gasteiger partial charge in [-0.25, -0.2) is 19.9 Å². The Bertz CT molecular complexity index is 711. The molecule has 7 nitrogen and oxygen atoms in total. The fourth-order valence-electron chi connectivity index (χ4n) is 1.70. The lowest BCUT2D eigenvalue weighted by molar-refractivity contribution is 0.102. The van der Waals surface area contributed by atoms with Crippen molar-refractivity contribution in [1.29, 1.82) is 0 Å². The molecule has 3 aromatic heterocycles. The van der Waals surface area contributed by atoms with Crippen LogP contribution in [0.15, 0.2) is 55.6 Å². The highest BCUT2D eigenvalue weighted by Gasteiger charge is 2.11. The minimum absolute atomic E-state index is 0.280. The van der Waals surface area contributed by atoms with Crippen LogP contribution in [0.3, 0.4) is 0 Å². The predicted molar refractivity (Wildman–Crippen MR) is 71.3 cm³/mol. The summed E-state index contributed by atoms with van der Waals surface area (Å²) >= 11 is 0. The van der Waals surface area contributed by atoms with Gasteiger partial charge >= 0.3 is 0 Å².